The van der Waals surface area contributed by atoms with E-state index in [9.17, 15) is 0 Å². The van der Waals surface area contributed by atoms with Crippen LogP contribution in [0, 0.1) is 5.92 Å². The summed E-state index contributed by atoms with van der Waals surface area (Å²) >= 11 is 0. The average Bonchev–Trinajstić information content (AvgIpc) is 2.80. The third kappa shape index (κ3) is 1.88. The minimum Gasteiger partial charge on any atom is -0.365 e. The molecule has 0 bridgehead atoms. The third-order valence-electron chi connectivity index (χ3n) is 3.43. The zero-order chi connectivity index (χ0) is 12.0. The summed E-state index contributed by atoms with van der Waals surface area (Å²) in [6, 6.07) is 2.72. The highest BCUT2D eigenvalue weighted by Crippen LogP contribution is 2.33. The van der Waals surface area contributed by atoms with Crippen LogP contribution in [0.5, 0.6) is 0 Å². The number of nitrogens with one attached hydrogen (secondary N) is 1. The molecule has 2 unspecified atom stereocenters. The molecule has 2 heterocycles. The van der Waals surface area contributed by atoms with Gasteiger partial charge in [0.2, 0.25) is 0 Å². The van der Waals surface area contributed by atoms with Crippen LogP contribution in [0.15, 0.2) is 18.5 Å². The second-order valence-corrected chi connectivity index (χ2v) is 5.29. The van der Waals surface area contributed by atoms with Gasteiger partial charge in [-0.1, -0.05) is 20.8 Å². The van der Waals surface area contributed by atoms with Gasteiger partial charge in [-0.3, -0.25) is 0 Å². The number of anilines is 1. The van der Waals surface area contributed by atoms with E-state index in [1.54, 1.807) is 6.20 Å². The fourth-order valence-electron chi connectivity index (χ4n) is 2.03. The van der Waals surface area contributed by atoms with Crippen molar-refractivity contribution in [3.05, 3.63) is 24.2 Å². The average molecular weight is 230 g/mol. The van der Waals surface area contributed by atoms with Crippen molar-refractivity contribution in [3.63, 3.8) is 0 Å². The number of hydrogen-bond acceptors (Lipinski definition) is 3. The van der Waals surface area contributed by atoms with Crippen LogP contribution in [-0.4, -0.2) is 20.6 Å². The molecule has 3 rings (SSSR count). The predicted molar refractivity (Wildman–Crippen MR) is 68.3 cm³/mol. The summed E-state index contributed by atoms with van der Waals surface area (Å²) < 4.78 is 1.91. The van der Waals surface area contributed by atoms with E-state index in [2.05, 4.69) is 42.2 Å². The molecule has 1 fully saturated rings. The van der Waals surface area contributed by atoms with Crippen LogP contribution < -0.4 is 5.32 Å². The molecule has 0 aliphatic heterocycles. The summed E-state index contributed by atoms with van der Waals surface area (Å²) in [7, 11) is 0. The standard InChI is InChI=1S/C13H18N4/c1-8(2)10-7-12-13(15-11-6-9(11)3)14-4-5-17(12)16-10/h4-5,7-9,11H,6H2,1-3H3,(H,14,15). The smallest absolute Gasteiger partial charge is 0.152 e. The Hall–Kier alpha value is -1.58. The molecule has 1 N–H and O–H groups in total. The van der Waals surface area contributed by atoms with E-state index in [0.717, 1.165) is 22.9 Å². The molecule has 0 amide bonds. The minimum atomic E-state index is 0.447. The van der Waals surface area contributed by atoms with E-state index in [-0.39, 0.29) is 0 Å². The molecule has 90 valence electrons. The van der Waals surface area contributed by atoms with Crippen molar-refractivity contribution in [2.45, 2.75) is 39.2 Å². The normalized spacial score (nSPS) is 23.3. The van der Waals surface area contributed by atoms with Crippen molar-refractivity contribution >= 4 is 11.3 Å². The predicted octanol–water partition coefficient (Wildman–Crippen LogP) is 2.67. The molecule has 2 aromatic heterocycles. The summed E-state index contributed by atoms with van der Waals surface area (Å²) in [6.45, 7) is 6.57. The summed E-state index contributed by atoms with van der Waals surface area (Å²) in [4.78, 5) is 4.42. The van der Waals surface area contributed by atoms with Crippen LogP contribution in [0.4, 0.5) is 5.82 Å². The Morgan fingerprint density at radius 1 is 1.47 bits per heavy atom. The Bertz CT molecular complexity index is 543. The van der Waals surface area contributed by atoms with Crippen LogP contribution in [0.1, 0.15) is 38.8 Å². The molecule has 1 saturated carbocycles. The zero-order valence-electron chi connectivity index (χ0n) is 10.5. The van der Waals surface area contributed by atoms with Crippen molar-refractivity contribution in [1.82, 2.24) is 14.6 Å². The first-order chi connectivity index (χ1) is 8.15. The zero-order valence-corrected chi connectivity index (χ0v) is 10.5. The second kappa shape index (κ2) is 3.72. The van der Waals surface area contributed by atoms with Crippen LogP contribution in [0.2, 0.25) is 0 Å². The molecular weight excluding hydrogens is 212 g/mol. The minimum absolute atomic E-state index is 0.447. The van der Waals surface area contributed by atoms with Crippen LogP contribution in [-0.2, 0) is 0 Å². The lowest BCUT2D eigenvalue weighted by Gasteiger charge is -2.04. The van der Waals surface area contributed by atoms with E-state index >= 15 is 0 Å². The quantitative estimate of drug-likeness (QED) is 0.881. The van der Waals surface area contributed by atoms with E-state index < -0.39 is 0 Å². The highest BCUT2D eigenvalue weighted by atomic mass is 15.2. The van der Waals surface area contributed by atoms with Crippen LogP contribution >= 0.6 is 0 Å². The summed E-state index contributed by atoms with van der Waals surface area (Å²) in [5, 5.41) is 8.05. The SMILES string of the molecule is CC(C)c1cc2c(NC3CC3C)nccn2n1. The highest BCUT2D eigenvalue weighted by Gasteiger charge is 2.33. The van der Waals surface area contributed by atoms with Gasteiger partial charge in [-0.25, -0.2) is 9.50 Å². The first-order valence-corrected chi connectivity index (χ1v) is 6.26. The van der Waals surface area contributed by atoms with Crippen molar-refractivity contribution in [2.24, 2.45) is 5.92 Å². The van der Waals surface area contributed by atoms with Gasteiger partial charge >= 0.3 is 0 Å². The van der Waals surface area contributed by atoms with Gasteiger partial charge in [0.25, 0.3) is 0 Å². The van der Waals surface area contributed by atoms with E-state index in [0.29, 0.717) is 12.0 Å². The van der Waals surface area contributed by atoms with Crippen molar-refractivity contribution in [1.29, 1.82) is 0 Å². The number of nitrogens with zero attached hydrogens (tertiary/aromatic N) is 3. The molecule has 1 aliphatic carbocycles. The Morgan fingerprint density at radius 2 is 2.24 bits per heavy atom. The molecule has 2 atom stereocenters. The Balaban J connectivity index is 1.99. The fraction of sp³-hybridized carbons (Fsp3) is 0.538. The van der Waals surface area contributed by atoms with Crippen LogP contribution in [0.3, 0.4) is 0 Å². The number of fused-ring (bicyclic) bond motifs is 1. The Morgan fingerprint density at radius 3 is 2.88 bits per heavy atom. The van der Waals surface area contributed by atoms with Gasteiger partial charge in [0, 0.05) is 18.4 Å². The fourth-order valence-corrected chi connectivity index (χ4v) is 2.03. The van der Waals surface area contributed by atoms with Crippen molar-refractivity contribution in [2.75, 3.05) is 5.32 Å². The Labute approximate surface area is 101 Å². The van der Waals surface area contributed by atoms with Crippen molar-refractivity contribution < 1.29 is 0 Å². The van der Waals surface area contributed by atoms with Gasteiger partial charge in [0.1, 0.15) is 5.52 Å². The van der Waals surface area contributed by atoms with E-state index in [4.69, 9.17) is 0 Å². The largest absolute Gasteiger partial charge is 0.365 e. The Kier molecular flexibility index (Phi) is 2.31. The topological polar surface area (TPSA) is 42.2 Å². The molecule has 4 nitrogen and oxygen atoms in total. The molecule has 17 heavy (non-hydrogen) atoms. The molecule has 2 aromatic rings. The first-order valence-electron chi connectivity index (χ1n) is 6.26. The van der Waals surface area contributed by atoms with Gasteiger partial charge in [-0.15, -0.1) is 0 Å². The third-order valence-corrected chi connectivity index (χ3v) is 3.43. The lowest BCUT2D eigenvalue weighted by Crippen LogP contribution is -2.06. The molecule has 4 heteroatoms. The number of hydrogen-bond donors (Lipinski definition) is 1. The molecule has 1 aliphatic rings. The first kappa shape index (κ1) is 10.6. The molecule has 0 spiro atoms. The summed E-state index contributed by atoms with van der Waals surface area (Å²) in [6.07, 6.45) is 4.95. The lowest BCUT2D eigenvalue weighted by molar-refractivity contribution is 0.786. The number of aromatic nitrogens is 3. The van der Waals surface area contributed by atoms with Gasteiger partial charge < -0.3 is 5.32 Å². The van der Waals surface area contributed by atoms with Crippen molar-refractivity contribution in [3.8, 4) is 0 Å². The molecular formula is C13H18N4. The monoisotopic (exact) mass is 230 g/mol. The second-order valence-electron chi connectivity index (χ2n) is 5.29. The molecule has 0 radical (unpaired) electrons. The summed E-state index contributed by atoms with van der Waals surface area (Å²) in [5.41, 5.74) is 2.19. The lowest BCUT2D eigenvalue weighted by atomic mass is 10.1. The maximum absolute atomic E-state index is 4.56. The maximum atomic E-state index is 4.56. The van der Waals surface area contributed by atoms with Gasteiger partial charge in [0.05, 0.1) is 5.69 Å². The maximum Gasteiger partial charge on any atom is 0.152 e. The number of rotatable bonds is 3. The van der Waals surface area contributed by atoms with E-state index in [1.807, 2.05) is 10.7 Å². The van der Waals surface area contributed by atoms with Gasteiger partial charge in [-0.05, 0) is 24.3 Å². The summed E-state index contributed by atoms with van der Waals surface area (Å²) in [5.74, 6) is 2.17. The van der Waals surface area contributed by atoms with Gasteiger partial charge in [-0.2, -0.15) is 5.10 Å². The van der Waals surface area contributed by atoms with Gasteiger partial charge in [0.15, 0.2) is 5.82 Å². The molecule has 0 aromatic carbocycles. The highest BCUT2D eigenvalue weighted by molar-refractivity contribution is 5.68. The van der Waals surface area contributed by atoms with E-state index in [1.165, 1.54) is 6.42 Å². The molecule has 0 saturated heterocycles. The van der Waals surface area contributed by atoms with Crippen LogP contribution in [0.25, 0.3) is 5.52 Å².